The Morgan fingerprint density at radius 2 is 1.90 bits per heavy atom. The first kappa shape index (κ1) is 25.7. The van der Waals surface area contributed by atoms with Crippen LogP contribution >= 0.6 is 35.6 Å². The van der Waals surface area contributed by atoms with Crippen molar-refractivity contribution >= 4 is 41.5 Å². The fraction of sp³-hybridized carbons (Fsp3) is 0.478. The monoisotopic (exact) mass is 558 g/mol. The van der Waals surface area contributed by atoms with Gasteiger partial charge in [-0.3, -0.25) is 4.99 Å². The predicted octanol–water partition coefficient (Wildman–Crippen LogP) is 4.21. The van der Waals surface area contributed by atoms with Gasteiger partial charge in [-0.05, 0) is 55.5 Å². The lowest BCUT2D eigenvalue weighted by Crippen LogP contribution is -2.48. The molecule has 1 fully saturated rings. The number of hydrogen-bond acceptors (Lipinski definition) is 4. The standard InChI is InChI=1S/C23H31ClN4O2.HI/c1-3-30-20-7-5-19(6-8-20)23(11-14-29-15-12-23)17-28-22(25-2)26-13-10-18-4-9-21(24)27-16-18;/h4-9,16H,3,10-15,17H2,1-2H3,(H2,25,26,28);1H. The number of pyridine rings is 1. The largest absolute Gasteiger partial charge is 0.494 e. The normalized spacial score (nSPS) is 15.6. The molecule has 2 heterocycles. The number of nitrogens with one attached hydrogen (secondary N) is 2. The summed E-state index contributed by atoms with van der Waals surface area (Å²) in [4.78, 5) is 8.51. The molecule has 0 amide bonds. The summed E-state index contributed by atoms with van der Waals surface area (Å²) in [5.41, 5.74) is 2.46. The Bertz CT molecular complexity index is 809. The number of ether oxygens (including phenoxy) is 2. The van der Waals surface area contributed by atoms with Gasteiger partial charge in [-0.2, -0.15) is 0 Å². The van der Waals surface area contributed by atoms with Crippen molar-refractivity contribution in [2.45, 2.75) is 31.6 Å². The van der Waals surface area contributed by atoms with Gasteiger partial charge < -0.3 is 20.1 Å². The van der Waals surface area contributed by atoms with Gasteiger partial charge in [-0.1, -0.05) is 29.8 Å². The molecule has 0 radical (unpaired) electrons. The number of rotatable bonds is 8. The van der Waals surface area contributed by atoms with E-state index in [0.29, 0.717) is 11.8 Å². The minimum atomic E-state index is 0. The van der Waals surface area contributed by atoms with Crippen molar-refractivity contribution in [2.24, 2.45) is 4.99 Å². The molecule has 8 heteroatoms. The summed E-state index contributed by atoms with van der Waals surface area (Å²) < 4.78 is 11.3. The van der Waals surface area contributed by atoms with E-state index >= 15 is 0 Å². The maximum atomic E-state index is 5.85. The summed E-state index contributed by atoms with van der Waals surface area (Å²) in [5, 5.41) is 7.44. The molecule has 0 unspecified atom stereocenters. The second-order valence-corrected chi connectivity index (χ2v) is 7.83. The van der Waals surface area contributed by atoms with Crippen molar-refractivity contribution < 1.29 is 9.47 Å². The first-order chi connectivity index (χ1) is 14.6. The van der Waals surface area contributed by atoms with Crippen molar-refractivity contribution in [3.05, 3.63) is 58.9 Å². The number of benzene rings is 1. The van der Waals surface area contributed by atoms with Gasteiger partial charge in [0.1, 0.15) is 10.9 Å². The molecule has 2 N–H and O–H groups in total. The van der Waals surface area contributed by atoms with Crippen molar-refractivity contribution in [1.29, 1.82) is 0 Å². The first-order valence-corrected chi connectivity index (χ1v) is 10.9. The van der Waals surface area contributed by atoms with Gasteiger partial charge in [-0.25, -0.2) is 4.98 Å². The van der Waals surface area contributed by atoms with E-state index in [-0.39, 0.29) is 29.4 Å². The molecule has 2 aromatic rings. The summed E-state index contributed by atoms with van der Waals surface area (Å²) in [5.74, 6) is 1.71. The zero-order chi connectivity index (χ0) is 21.2. The molecule has 0 bridgehead atoms. The molecule has 0 aliphatic carbocycles. The Balaban J connectivity index is 0.00000341. The van der Waals surface area contributed by atoms with E-state index in [2.05, 4.69) is 44.9 Å². The van der Waals surface area contributed by atoms with Crippen LogP contribution in [0.2, 0.25) is 5.15 Å². The fourth-order valence-corrected chi connectivity index (χ4v) is 3.87. The van der Waals surface area contributed by atoms with Crippen LogP contribution in [0.25, 0.3) is 0 Å². The van der Waals surface area contributed by atoms with Gasteiger partial charge in [0, 0.05) is 45.0 Å². The van der Waals surface area contributed by atoms with Gasteiger partial charge in [0.05, 0.1) is 6.61 Å². The summed E-state index contributed by atoms with van der Waals surface area (Å²) in [6.07, 6.45) is 4.61. The van der Waals surface area contributed by atoms with Crippen LogP contribution in [0.3, 0.4) is 0 Å². The summed E-state index contributed by atoms with van der Waals surface area (Å²) in [7, 11) is 1.80. The Labute approximate surface area is 207 Å². The maximum absolute atomic E-state index is 5.85. The minimum Gasteiger partial charge on any atom is -0.494 e. The van der Waals surface area contributed by atoms with E-state index in [0.717, 1.165) is 62.8 Å². The zero-order valence-corrected chi connectivity index (χ0v) is 21.3. The fourth-order valence-electron chi connectivity index (χ4n) is 3.75. The van der Waals surface area contributed by atoms with Crippen molar-refractivity contribution in [3.8, 4) is 5.75 Å². The van der Waals surface area contributed by atoms with Crippen LogP contribution in [-0.4, -0.2) is 50.9 Å². The van der Waals surface area contributed by atoms with Crippen LogP contribution in [0.4, 0.5) is 0 Å². The third kappa shape index (κ3) is 7.50. The van der Waals surface area contributed by atoms with E-state index < -0.39 is 0 Å². The third-order valence-corrected chi connectivity index (χ3v) is 5.76. The van der Waals surface area contributed by atoms with Crippen LogP contribution in [-0.2, 0) is 16.6 Å². The zero-order valence-electron chi connectivity index (χ0n) is 18.2. The summed E-state index contributed by atoms with van der Waals surface area (Å²) in [6.45, 7) is 5.78. The van der Waals surface area contributed by atoms with Crippen LogP contribution in [0, 0.1) is 0 Å². The highest BCUT2D eigenvalue weighted by atomic mass is 127. The van der Waals surface area contributed by atoms with E-state index in [1.165, 1.54) is 5.56 Å². The SMILES string of the molecule is CCOc1ccc(C2(CNC(=NC)NCCc3ccc(Cl)nc3)CCOCC2)cc1.I. The molecule has 0 atom stereocenters. The molecule has 170 valence electrons. The summed E-state index contributed by atoms with van der Waals surface area (Å²) >= 11 is 5.85. The highest BCUT2D eigenvalue weighted by Gasteiger charge is 2.34. The van der Waals surface area contributed by atoms with Gasteiger partial charge in [0.25, 0.3) is 0 Å². The minimum absolute atomic E-state index is 0. The smallest absolute Gasteiger partial charge is 0.191 e. The Kier molecular flexibility index (Phi) is 10.8. The average molecular weight is 559 g/mol. The molecule has 1 aliphatic heterocycles. The van der Waals surface area contributed by atoms with Gasteiger partial charge in [0.15, 0.2) is 5.96 Å². The van der Waals surface area contributed by atoms with Gasteiger partial charge in [-0.15, -0.1) is 24.0 Å². The van der Waals surface area contributed by atoms with Crippen LogP contribution in [0.15, 0.2) is 47.6 Å². The maximum Gasteiger partial charge on any atom is 0.191 e. The van der Waals surface area contributed by atoms with Gasteiger partial charge >= 0.3 is 0 Å². The summed E-state index contributed by atoms with van der Waals surface area (Å²) in [6, 6.07) is 12.3. The predicted molar refractivity (Wildman–Crippen MR) is 137 cm³/mol. The number of aromatic nitrogens is 1. The van der Waals surface area contributed by atoms with Crippen molar-refractivity contribution in [3.63, 3.8) is 0 Å². The molecule has 1 aliphatic rings. The van der Waals surface area contributed by atoms with Crippen LogP contribution in [0.1, 0.15) is 30.9 Å². The number of guanidine groups is 1. The molecular formula is C23H32ClIN4O2. The average Bonchev–Trinajstić information content (AvgIpc) is 2.79. The highest BCUT2D eigenvalue weighted by molar-refractivity contribution is 14.0. The quantitative estimate of drug-likeness (QED) is 0.220. The van der Waals surface area contributed by atoms with Crippen molar-refractivity contribution in [2.75, 3.05) is 40.0 Å². The molecule has 1 aromatic carbocycles. The molecule has 6 nitrogen and oxygen atoms in total. The van der Waals surface area contributed by atoms with E-state index in [1.807, 2.05) is 25.3 Å². The second-order valence-electron chi connectivity index (χ2n) is 7.44. The lowest BCUT2D eigenvalue weighted by atomic mass is 9.74. The van der Waals surface area contributed by atoms with Crippen LogP contribution < -0.4 is 15.4 Å². The lowest BCUT2D eigenvalue weighted by Gasteiger charge is -2.38. The topological polar surface area (TPSA) is 67.8 Å². The van der Waals surface area contributed by atoms with E-state index in [1.54, 1.807) is 7.05 Å². The third-order valence-electron chi connectivity index (χ3n) is 5.54. The van der Waals surface area contributed by atoms with Crippen LogP contribution in [0.5, 0.6) is 5.75 Å². The Morgan fingerprint density at radius 3 is 2.52 bits per heavy atom. The molecule has 1 saturated heterocycles. The number of aliphatic imine (C=N–C) groups is 1. The molecule has 0 spiro atoms. The number of hydrogen-bond donors (Lipinski definition) is 2. The molecular weight excluding hydrogens is 527 g/mol. The highest BCUT2D eigenvalue weighted by Crippen LogP contribution is 2.35. The molecule has 3 rings (SSSR count). The van der Waals surface area contributed by atoms with Crippen molar-refractivity contribution in [1.82, 2.24) is 15.6 Å². The molecule has 1 aromatic heterocycles. The van der Waals surface area contributed by atoms with E-state index in [4.69, 9.17) is 21.1 Å². The van der Waals surface area contributed by atoms with E-state index in [9.17, 15) is 0 Å². The molecule has 0 saturated carbocycles. The first-order valence-electron chi connectivity index (χ1n) is 10.5. The Morgan fingerprint density at radius 1 is 1.16 bits per heavy atom. The van der Waals surface area contributed by atoms with Gasteiger partial charge in [0.2, 0.25) is 0 Å². The number of halogens is 2. The Hall–Kier alpha value is -1.58. The molecule has 31 heavy (non-hydrogen) atoms. The number of nitrogens with zero attached hydrogens (tertiary/aromatic N) is 2. The lowest BCUT2D eigenvalue weighted by molar-refractivity contribution is 0.0513. The second kappa shape index (κ2) is 13.1.